The number of nitrogens with zero attached hydrogens (tertiary/aromatic N) is 4. The van der Waals surface area contributed by atoms with Crippen LogP contribution in [0.3, 0.4) is 0 Å². The number of nitrogens with one attached hydrogen (secondary N) is 1. The van der Waals surface area contributed by atoms with Crippen molar-refractivity contribution in [3.05, 3.63) is 62.6 Å². The van der Waals surface area contributed by atoms with Gasteiger partial charge in [-0.3, -0.25) is 19.5 Å². The fraction of sp³-hybridized carbons (Fsp3) is 0.190. The molecule has 0 saturated heterocycles. The zero-order valence-electron chi connectivity index (χ0n) is 17.2. The number of benzene rings is 2. The lowest BCUT2D eigenvalue weighted by atomic mass is 10.2. The fourth-order valence-electron chi connectivity index (χ4n) is 3.21. The molecule has 4 aromatic rings. The Morgan fingerprint density at radius 2 is 2.06 bits per heavy atom. The first kappa shape index (κ1) is 22.0. The van der Waals surface area contributed by atoms with Crippen molar-refractivity contribution in [2.45, 2.75) is 25.5 Å². The van der Waals surface area contributed by atoms with Crippen LogP contribution in [0.15, 0.2) is 56.5 Å². The molecule has 1 amide bonds. The van der Waals surface area contributed by atoms with E-state index < -0.39 is 4.92 Å². The van der Waals surface area contributed by atoms with Crippen molar-refractivity contribution in [2.24, 2.45) is 0 Å². The number of nitro benzene ring substituents is 1. The van der Waals surface area contributed by atoms with Gasteiger partial charge >= 0.3 is 0 Å². The zero-order valence-corrected chi connectivity index (χ0v) is 19.6. The summed E-state index contributed by atoms with van der Waals surface area (Å²) >= 11 is 4.71. The zero-order chi connectivity index (χ0) is 22.8. The second-order valence-electron chi connectivity index (χ2n) is 6.94. The number of anilines is 1. The summed E-state index contributed by atoms with van der Waals surface area (Å²) < 4.78 is 8.78. The van der Waals surface area contributed by atoms with E-state index in [1.54, 1.807) is 6.92 Å². The van der Waals surface area contributed by atoms with Crippen molar-refractivity contribution in [3.8, 4) is 11.6 Å². The summed E-state index contributed by atoms with van der Waals surface area (Å²) in [6.07, 6.45) is 0. The number of nitro groups is 1. The first-order chi connectivity index (χ1) is 15.4. The van der Waals surface area contributed by atoms with Gasteiger partial charge in [-0.15, -0.1) is 10.2 Å². The van der Waals surface area contributed by atoms with Gasteiger partial charge < -0.3 is 9.73 Å². The molecule has 0 spiro atoms. The summed E-state index contributed by atoms with van der Waals surface area (Å²) in [6.45, 7) is 4.28. The van der Waals surface area contributed by atoms with E-state index in [1.165, 1.54) is 30.0 Å². The third-order valence-electron chi connectivity index (χ3n) is 4.76. The normalized spacial score (nSPS) is 11.1. The van der Waals surface area contributed by atoms with Crippen LogP contribution < -0.4 is 5.32 Å². The van der Waals surface area contributed by atoms with Crippen LogP contribution in [-0.4, -0.2) is 31.3 Å². The minimum atomic E-state index is -0.468. The van der Waals surface area contributed by atoms with Gasteiger partial charge in [0.1, 0.15) is 5.58 Å². The van der Waals surface area contributed by atoms with Crippen molar-refractivity contribution in [3.63, 3.8) is 0 Å². The first-order valence-corrected chi connectivity index (χ1v) is 11.4. The van der Waals surface area contributed by atoms with Gasteiger partial charge in [-0.2, -0.15) is 0 Å². The molecule has 0 saturated carbocycles. The Labute approximate surface area is 195 Å². The number of halogens is 1. The molecule has 2 aromatic heterocycles. The summed E-state index contributed by atoms with van der Waals surface area (Å²) in [7, 11) is 0. The molecule has 1 N–H and O–H groups in total. The van der Waals surface area contributed by atoms with Gasteiger partial charge in [0, 0.05) is 34.2 Å². The number of non-ortho nitro benzene ring substituents is 1. The number of fused-ring (bicyclic) bond motifs is 1. The monoisotopic (exact) mass is 515 g/mol. The van der Waals surface area contributed by atoms with E-state index >= 15 is 0 Å². The lowest BCUT2D eigenvalue weighted by Crippen LogP contribution is -2.15. The molecule has 2 heterocycles. The number of amides is 1. The molecule has 0 aliphatic carbocycles. The Balaban J connectivity index is 1.47. The van der Waals surface area contributed by atoms with Crippen molar-refractivity contribution in [1.82, 2.24) is 14.8 Å². The topological polar surface area (TPSA) is 116 Å². The van der Waals surface area contributed by atoms with Gasteiger partial charge in [0.25, 0.3) is 5.69 Å². The number of thioether (sulfide) groups is 1. The molecule has 0 aliphatic heterocycles. The second-order valence-corrected chi connectivity index (χ2v) is 8.79. The van der Waals surface area contributed by atoms with Gasteiger partial charge in [-0.1, -0.05) is 27.7 Å². The molecule has 0 fully saturated rings. The summed E-state index contributed by atoms with van der Waals surface area (Å²) in [4.78, 5) is 22.8. The molecule has 0 bridgehead atoms. The summed E-state index contributed by atoms with van der Waals surface area (Å²) in [5.41, 5.74) is 1.89. The van der Waals surface area contributed by atoms with Crippen LogP contribution in [0.1, 0.15) is 12.5 Å². The Hall–Kier alpha value is -3.18. The first-order valence-electron chi connectivity index (χ1n) is 9.66. The number of furan rings is 1. The average molecular weight is 516 g/mol. The fourth-order valence-corrected chi connectivity index (χ4v) is 4.39. The Bertz CT molecular complexity index is 1330. The van der Waals surface area contributed by atoms with Gasteiger partial charge in [-0.25, -0.2) is 0 Å². The van der Waals surface area contributed by atoms with Crippen molar-refractivity contribution in [2.75, 3.05) is 11.1 Å². The van der Waals surface area contributed by atoms with E-state index in [4.69, 9.17) is 4.42 Å². The van der Waals surface area contributed by atoms with E-state index in [2.05, 4.69) is 31.4 Å². The Kier molecular flexibility index (Phi) is 6.28. The van der Waals surface area contributed by atoms with E-state index in [0.29, 0.717) is 34.5 Å². The van der Waals surface area contributed by atoms with Crippen LogP contribution >= 0.6 is 27.7 Å². The summed E-state index contributed by atoms with van der Waals surface area (Å²) in [5, 5.41) is 23.7. The number of aryl methyl sites for hydroxylation is 1. The second kappa shape index (κ2) is 9.13. The number of rotatable bonds is 7. The summed E-state index contributed by atoms with van der Waals surface area (Å²) in [6, 6.07) is 12.0. The van der Waals surface area contributed by atoms with Gasteiger partial charge in [-0.05, 0) is 49.7 Å². The lowest BCUT2D eigenvalue weighted by Gasteiger charge is -2.08. The number of hydrogen-bond donors (Lipinski definition) is 1. The smallest absolute Gasteiger partial charge is 0.269 e. The molecule has 9 nitrogen and oxygen atoms in total. The third kappa shape index (κ3) is 4.53. The number of carbonyl (C=O) groups excluding carboxylic acids is 1. The molecule has 0 aliphatic rings. The highest BCUT2D eigenvalue weighted by Crippen LogP contribution is 2.31. The lowest BCUT2D eigenvalue weighted by molar-refractivity contribution is -0.384. The quantitative estimate of drug-likeness (QED) is 0.198. The van der Waals surface area contributed by atoms with Gasteiger partial charge in [0.05, 0.1) is 10.7 Å². The van der Waals surface area contributed by atoms with Crippen LogP contribution in [0.25, 0.3) is 22.6 Å². The molecule has 0 atom stereocenters. The standard InChI is InChI=1S/C21H18BrN5O4S/c1-3-26-20(18-10-13-9-14(22)4-7-17(13)31-18)24-25-21(26)32-11-19(28)23-16-6-5-15(27(29)30)8-12(16)2/h4-10H,3,11H2,1-2H3,(H,23,28). The number of aromatic nitrogens is 3. The summed E-state index contributed by atoms with van der Waals surface area (Å²) in [5.74, 6) is 1.06. The van der Waals surface area contributed by atoms with Crippen LogP contribution in [-0.2, 0) is 11.3 Å². The molecule has 11 heteroatoms. The number of carbonyl (C=O) groups is 1. The average Bonchev–Trinajstić information content (AvgIpc) is 3.36. The van der Waals surface area contributed by atoms with E-state index in [9.17, 15) is 14.9 Å². The third-order valence-corrected chi connectivity index (χ3v) is 6.22. The highest BCUT2D eigenvalue weighted by atomic mass is 79.9. The molecule has 164 valence electrons. The molecule has 2 aromatic carbocycles. The van der Waals surface area contributed by atoms with E-state index in [1.807, 2.05) is 35.8 Å². The van der Waals surface area contributed by atoms with Crippen LogP contribution in [0.2, 0.25) is 0 Å². The largest absolute Gasteiger partial charge is 0.453 e. The van der Waals surface area contributed by atoms with Crippen LogP contribution in [0.5, 0.6) is 0 Å². The molecular formula is C21H18BrN5O4S. The Morgan fingerprint density at radius 3 is 2.78 bits per heavy atom. The van der Waals surface area contributed by atoms with Gasteiger partial charge in [0.15, 0.2) is 10.9 Å². The van der Waals surface area contributed by atoms with E-state index in [0.717, 1.165) is 15.4 Å². The maximum absolute atomic E-state index is 12.4. The van der Waals surface area contributed by atoms with Gasteiger partial charge in [0.2, 0.25) is 11.7 Å². The maximum Gasteiger partial charge on any atom is 0.269 e. The van der Waals surface area contributed by atoms with Crippen LogP contribution in [0.4, 0.5) is 11.4 Å². The SMILES string of the molecule is CCn1c(SCC(=O)Nc2ccc([N+](=O)[O-])cc2C)nnc1-c1cc2cc(Br)ccc2o1. The molecule has 4 rings (SSSR count). The van der Waals surface area contributed by atoms with Crippen LogP contribution in [0, 0.1) is 17.0 Å². The minimum absolute atomic E-state index is 0.0172. The maximum atomic E-state index is 12.4. The predicted molar refractivity (Wildman–Crippen MR) is 126 cm³/mol. The Morgan fingerprint density at radius 1 is 1.25 bits per heavy atom. The molecule has 0 unspecified atom stereocenters. The molecule has 0 radical (unpaired) electrons. The minimum Gasteiger partial charge on any atom is -0.453 e. The molecule has 32 heavy (non-hydrogen) atoms. The van der Waals surface area contributed by atoms with E-state index in [-0.39, 0.29) is 17.3 Å². The highest BCUT2D eigenvalue weighted by molar-refractivity contribution is 9.10. The predicted octanol–water partition coefficient (Wildman–Crippen LogP) is 5.42. The highest BCUT2D eigenvalue weighted by Gasteiger charge is 2.18. The van der Waals surface area contributed by atoms with Crippen molar-refractivity contribution in [1.29, 1.82) is 0 Å². The number of hydrogen-bond acceptors (Lipinski definition) is 7. The molecular weight excluding hydrogens is 498 g/mol. The van der Waals surface area contributed by atoms with Crippen molar-refractivity contribution < 1.29 is 14.1 Å². The van der Waals surface area contributed by atoms with Crippen molar-refractivity contribution >= 4 is 55.9 Å².